The summed E-state index contributed by atoms with van der Waals surface area (Å²) >= 11 is 0. The van der Waals surface area contributed by atoms with Gasteiger partial charge in [-0.1, -0.05) is 0 Å². The molecule has 0 unspecified atom stereocenters. The molecule has 0 bridgehead atoms. The van der Waals surface area contributed by atoms with Crippen molar-refractivity contribution in [1.82, 2.24) is 14.2 Å². The van der Waals surface area contributed by atoms with Gasteiger partial charge in [0.1, 0.15) is 10.9 Å². The van der Waals surface area contributed by atoms with Crippen molar-refractivity contribution < 1.29 is 23.1 Å². The lowest BCUT2D eigenvalue weighted by Gasteiger charge is -2.24. The van der Waals surface area contributed by atoms with Gasteiger partial charge >= 0.3 is 5.97 Å². The molecule has 1 N–H and O–H groups in total. The molecule has 0 saturated carbocycles. The zero-order valence-electron chi connectivity index (χ0n) is 12.0. The van der Waals surface area contributed by atoms with Gasteiger partial charge in [0, 0.05) is 26.0 Å². The predicted molar refractivity (Wildman–Crippen MR) is 76.4 cm³/mol. The summed E-state index contributed by atoms with van der Waals surface area (Å²) in [6.45, 7) is -0.0718. The van der Waals surface area contributed by atoms with E-state index < -0.39 is 34.5 Å². The third-order valence-corrected chi connectivity index (χ3v) is 5.35. The lowest BCUT2D eigenvalue weighted by Crippen LogP contribution is -2.45. The van der Waals surface area contributed by atoms with Crippen molar-refractivity contribution in [1.29, 1.82) is 0 Å². The smallest absolute Gasteiger partial charge is 0.326 e. The number of carboxylic acids is 1. The van der Waals surface area contributed by atoms with Crippen molar-refractivity contribution in [3.8, 4) is 0 Å². The average Bonchev–Trinajstić information content (AvgIpc) is 2.97. The van der Waals surface area contributed by atoms with Crippen molar-refractivity contribution in [2.45, 2.75) is 23.8 Å². The molecule has 1 saturated heterocycles. The molecule has 0 spiro atoms. The van der Waals surface area contributed by atoms with Gasteiger partial charge in [-0.2, -0.15) is 4.31 Å². The first kappa shape index (κ1) is 16.4. The molecule has 1 amide bonds. The molecule has 2 rings (SSSR count). The van der Waals surface area contributed by atoms with Crippen molar-refractivity contribution in [2.75, 3.05) is 20.1 Å². The fourth-order valence-corrected chi connectivity index (χ4v) is 3.45. The van der Waals surface area contributed by atoms with Gasteiger partial charge < -0.3 is 10.0 Å². The number of aromatic nitrogens is 1. The summed E-state index contributed by atoms with van der Waals surface area (Å²) in [6.07, 6.45) is 3.64. The lowest BCUT2D eigenvalue weighted by molar-refractivity contribution is -0.148. The molecule has 1 aromatic rings. The van der Waals surface area contributed by atoms with Crippen LogP contribution in [0.3, 0.4) is 0 Å². The monoisotopic (exact) mass is 327 g/mol. The van der Waals surface area contributed by atoms with E-state index in [2.05, 4.69) is 4.98 Å². The van der Waals surface area contributed by atoms with E-state index in [9.17, 15) is 18.0 Å². The predicted octanol–water partition coefficient (Wildman–Crippen LogP) is -0.222. The Morgan fingerprint density at radius 2 is 2.23 bits per heavy atom. The van der Waals surface area contributed by atoms with Crippen molar-refractivity contribution in [2.24, 2.45) is 0 Å². The van der Waals surface area contributed by atoms with Crippen LogP contribution in [0.1, 0.15) is 12.8 Å². The molecule has 0 aliphatic carbocycles. The van der Waals surface area contributed by atoms with E-state index >= 15 is 0 Å². The van der Waals surface area contributed by atoms with Crippen molar-refractivity contribution in [3.63, 3.8) is 0 Å². The van der Waals surface area contributed by atoms with Crippen LogP contribution >= 0.6 is 0 Å². The van der Waals surface area contributed by atoms with Gasteiger partial charge in [0.25, 0.3) is 0 Å². The first-order valence-corrected chi connectivity index (χ1v) is 8.16. The molecule has 1 fully saturated rings. The second-order valence-corrected chi connectivity index (χ2v) is 7.08. The molecule has 22 heavy (non-hydrogen) atoms. The number of amides is 1. The number of carbonyl (C=O) groups is 2. The third kappa shape index (κ3) is 3.25. The molecule has 1 aliphatic heterocycles. The molecule has 2 heterocycles. The van der Waals surface area contributed by atoms with Crippen LogP contribution in [0.5, 0.6) is 0 Å². The molecule has 8 nitrogen and oxygen atoms in total. The van der Waals surface area contributed by atoms with Gasteiger partial charge in [-0.3, -0.25) is 9.78 Å². The van der Waals surface area contributed by atoms with Crippen LogP contribution in [0, 0.1) is 0 Å². The fraction of sp³-hybridized carbons (Fsp3) is 0.462. The maximum Gasteiger partial charge on any atom is 0.326 e. The van der Waals surface area contributed by atoms with Crippen LogP contribution in [-0.4, -0.2) is 65.8 Å². The van der Waals surface area contributed by atoms with Crippen molar-refractivity contribution >= 4 is 21.9 Å². The Morgan fingerprint density at radius 1 is 1.50 bits per heavy atom. The van der Waals surface area contributed by atoms with Gasteiger partial charge in [0.2, 0.25) is 15.9 Å². The van der Waals surface area contributed by atoms with E-state index in [1.54, 1.807) is 0 Å². The Bertz CT molecular complexity index is 662. The summed E-state index contributed by atoms with van der Waals surface area (Å²) in [5.74, 6) is -1.58. The number of hydrogen-bond acceptors (Lipinski definition) is 5. The quantitative estimate of drug-likeness (QED) is 0.801. The SMILES string of the molecule is CN(CC(=O)N1CCC[C@@H]1C(=O)O)S(=O)(=O)c1cccnc1. The third-order valence-electron chi connectivity index (χ3n) is 3.56. The number of pyridine rings is 1. The van der Waals surface area contributed by atoms with E-state index in [1.165, 1.54) is 36.5 Å². The molecule has 1 atom stereocenters. The number of hydrogen-bond donors (Lipinski definition) is 1. The fourth-order valence-electron chi connectivity index (χ4n) is 2.37. The molecular weight excluding hydrogens is 310 g/mol. The zero-order valence-corrected chi connectivity index (χ0v) is 12.9. The molecule has 1 aromatic heterocycles. The first-order valence-electron chi connectivity index (χ1n) is 6.72. The van der Waals surface area contributed by atoms with E-state index in [1.807, 2.05) is 0 Å². The Hall–Kier alpha value is -2.00. The van der Waals surface area contributed by atoms with Gasteiger partial charge in [-0.15, -0.1) is 0 Å². The van der Waals surface area contributed by atoms with E-state index in [0.29, 0.717) is 19.4 Å². The molecular formula is C13H17N3O5S. The summed E-state index contributed by atoms with van der Waals surface area (Å²) in [5, 5.41) is 9.07. The lowest BCUT2D eigenvalue weighted by atomic mass is 10.2. The first-order chi connectivity index (χ1) is 10.3. The Labute approximate surface area is 128 Å². The Morgan fingerprint density at radius 3 is 2.82 bits per heavy atom. The zero-order chi connectivity index (χ0) is 16.3. The van der Waals surface area contributed by atoms with Crippen LogP contribution in [0.25, 0.3) is 0 Å². The molecule has 120 valence electrons. The molecule has 0 aromatic carbocycles. The number of carbonyl (C=O) groups excluding carboxylic acids is 1. The van der Waals surface area contributed by atoms with Crippen LogP contribution in [0.15, 0.2) is 29.4 Å². The maximum atomic E-state index is 12.3. The highest BCUT2D eigenvalue weighted by atomic mass is 32.2. The number of sulfonamides is 1. The minimum Gasteiger partial charge on any atom is -0.480 e. The number of aliphatic carboxylic acids is 1. The van der Waals surface area contributed by atoms with Crippen LogP contribution in [-0.2, 0) is 19.6 Å². The topological polar surface area (TPSA) is 108 Å². The van der Waals surface area contributed by atoms with Crippen LogP contribution in [0.2, 0.25) is 0 Å². The second kappa shape index (κ2) is 6.41. The maximum absolute atomic E-state index is 12.3. The Balaban J connectivity index is 2.10. The normalized spacial score (nSPS) is 18.6. The molecule has 9 heteroatoms. The minimum atomic E-state index is -3.83. The number of likely N-dealkylation sites (N-methyl/N-ethyl adjacent to an activating group) is 1. The highest BCUT2D eigenvalue weighted by Crippen LogP contribution is 2.19. The summed E-state index contributed by atoms with van der Waals surface area (Å²) in [7, 11) is -2.54. The minimum absolute atomic E-state index is 0.0125. The van der Waals surface area contributed by atoms with Gasteiger partial charge in [-0.05, 0) is 25.0 Å². The van der Waals surface area contributed by atoms with Crippen molar-refractivity contribution in [3.05, 3.63) is 24.5 Å². The number of carboxylic acid groups (broad SMARTS) is 1. The molecule has 0 radical (unpaired) electrons. The van der Waals surface area contributed by atoms with Gasteiger partial charge in [0.05, 0.1) is 6.54 Å². The van der Waals surface area contributed by atoms with E-state index in [0.717, 1.165) is 4.31 Å². The number of likely N-dealkylation sites (tertiary alicyclic amines) is 1. The summed E-state index contributed by atoms with van der Waals surface area (Å²) < 4.78 is 25.5. The van der Waals surface area contributed by atoms with E-state index in [-0.39, 0.29) is 4.90 Å². The summed E-state index contributed by atoms with van der Waals surface area (Å²) in [5.41, 5.74) is 0. The largest absolute Gasteiger partial charge is 0.480 e. The molecule has 1 aliphatic rings. The van der Waals surface area contributed by atoms with Crippen LogP contribution in [0.4, 0.5) is 0 Å². The average molecular weight is 327 g/mol. The summed E-state index contributed by atoms with van der Waals surface area (Å²) in [4.78, 5) is 28.2. The number of nitrogens with zero attached hydrogens (tertiary/aromatic N) is 3. The van der Waals surface area contributed by atoms with Gasteiger partial charge in [0.15, 0.2) is 0 Å². The Kier molecular flexibility index (Phi) is 4.77. The second-order valence-electron chi connectivity index (χ2n) is 5.03. The summed E-state index contributed by atoms with van der Waals surface area (Å²) in [6, 6.07) is 2.00. The highest BCUT2D eigenvalue weighted by molar-refractivity contribution is 7.89. The van der Waals surface area contributed by atoms with Gasteiger partial charge in [-0.25, -0.2) is 13.2 Å². The number of rotatable bonds is 5. The standard InChI is InChI=1S/C13H17N3O5S/c1-15(22(20,21)10-4-2-6-14-8-10)9-12(17)16-7-3-5-11(16)13(18)19/h2,4,6,8,11H,3,5,7,9H2,1H3,(H,18,19)/t11-/m1/s1. The van der Waals surface area contributed by atoms with Crippen LogP contribution < -0.4 is 0 Å². The highest BCUT2D eigenvalue weighted by Gasteiger charge is 2.35. The van der Waals surface area contributed by atoms with E-state index in [4.69, 9.17) is 5.11 Å².